The molecule has 0 aromatic rings. The van der Waals surface area contributed by atoms with Crippen LogP contribution in [0.5, 0.6) is 0 Å². The fourth-order valence-corrected chi connectivity index (χ4v) is 0. The van der Waals surface area contributed by atoms with Crippen LogP contribution in [0.1, 0.15) is 0 Å². The first-order chi connectivity index (χ1) is 2.27. The summed E-state index contributed by atoms with van der Waals surface area (Å²) in [5.74, 6) is 0. The van der Waals surface area contributed by atoms with Gasteiger partial charge in [0.1, 0.15) is 0 Å². The highest BCUT2D eigenvalue weighted by molar-refractivity contribution is 6.52. The molecule has 1 N–H and O–H groups in total. The summed E-state index contributed by atoms with van der Waals surface area (Å²) in [6.07, 6.45) is 0. The van der Waals surface area contributed by atoms with E-state index in [9.17, 15) is 0 Å². The highest BCUT2D eigenvalue weighted by atomic mass is 14.7. The van der Waals surface area contributed by atoms with Crippen LogP contribution in [0.15, 0.2) is 0 Å². The van der Waals surface area contributed by atoms with Crippen molar-refractivity contribution >= 4 is 6.85 Å². The van der Waals surface area contributed by atoms with Gasteiger partial charge in [-0.3, -0.25) is 0 Å². The Morgan fingerprint density at radius 2 is 1.60 bits per heavy atom. The average Bonchev–Trinajstić information content (AvgIpc) is 1.38. The standard InChI is InChI=1S/C3H10BN/c1-4(2)5-3/h5H,1-3H3. The summed E-state index contributed by atoms with van der Waals surface area (Å²) in [4.78, 5) is 0. The van der Waals surface area contributed by atoms with Gasteiger partial charge in [-0.25, -0.2) is 0 Å². The summed E-state index contributed by atoms with van der Waals surface area (Å²) in [6, 6.07) is 0. The van der Waals surface area contributed by atoms with Crippen molar-refractivity contribution in [1.29, 1.82) is 0 Å². The molecule has 5 heavy (non-hydrogen) atoms. The predicted octanol–water partition coefficient (Wildman–Crippen LogP) is 0.457. The molecule has 0 aliphatic rings. The van der Waals surface area contributed by atoms with Gasteiger partial charge in [-0.15, -0.1) is 0 Å². The monoisotopic (exact) mass is 71.1 g/mol. The Morgan fingerprint density at radius 1 is 1.40 bits per heavy atom. The highest BCUT2D eigenvalue weighted by Crippen LogP contribution is 1.62. The van der Waals surface area contributed by atoms with Gasteiger partial charge in [-0.05, 0) is 7.05 Å². The van der Waals surface area contributed by atoms with Crippen LogP contribution < -0.4 is 5.23 Å². The second-order valence-corrected chi connectivity index (χ2v) is 1.44. The third-order valence-corrected chi connectivity index (χ3v) is 0.577. The van der Waals surface area contributed by atoms with Crippen molar-refractivity contribution in [3.63, 3.8) is 0 Å². The van der Waals surface area contributed by atoms with Crippen molar-refractivity contribution < 1.29 is 0 Å². The van der Waals surface area contributed by atoms with Crippen molar-refractivity contribution in [3.8, 4) is 0 Å². The van der Waals surface area contributed by atoms with Crippen molar-refractivity contribution in [2.24, 2.45) is 0 Å². The fraction of sp³-hybridized carbons (Fsp3) is 1.00. The summed E-state index contributed by atoms with van der Waals surface area (Å²) in [7, 11) is 1.95. The maximum Gasteiger partial charge on any atom is 0.213 e. The number of rotatable bonds is 1. The van der Waals surface area contributed by atoms with E-state index < -0.39 is 0 Å². The molecule has 0 unspecified atom stereocenters. The number of hydrogen-bond donors (Lipinski definition) is 1. The second-order valence-electron chi connectivity index (χ2n) is 1.44. The quantitative estimate of drug-likeness (QED) is 0.442. The molecule has 0 bridgehead atoms. The predicted molar refractivity (Wildman–Crippen MR) is 26.5 cm³/mol. The number of hydrogen-bond acceptors (Lipinski definition) is 1. The van der Waals surface area contributed by atoms with Gasteiger partial charge in [0.25, 0.3) is 0 Å². The Kier molecular flexibility index (Phi) is 2.28. The van der Waals surface area contributed by atoms with Crippen molar-refractivity contribution in [1.82, 2.24) is 5.23 Å². The molecule has 0 aromatic carbocycles. The molecular weight excluding hydrogens is 60.9 g/mol. The van der Waals surface area contributed by atoms with Gasteiger partial charge in [0.15, 0.2) is 0 Å². The van der Waals surface area contributed by atoms with Crippen LogP contribution in [0, 0.1) is 0 Å². The summed E-state index contributed by atoms with van der Waals surface area (Å²) in [5.41, 5.74) is 0. The first-order valence-electron chi connectivity index (χ1n) is 1.94. The molecule has 0 saturated carbocycles. The van der Waals surface area contributed by atoms with E-state index in [0.717, 1.165) is 0 Å². The molecule has 0 fully saturated rings. The highest BCUT2D eigenvalue weighted by Gasteiger charge is 1.85. The zero-order chi connectivity index (χ0) is 4.28. The van der Waals surface area contributed by atoms with E-state index >= 15 is 0 Å². The lowest BCUT2D eigenvalue weighted by atomic mass is 9.69. The molecule has 0 aliphatic carbocycles. The molecule has 0 radical (unpaired) electrons. The second kappa shape index (κ2) is 2.27. The van der Waals surface area contributed by atoms with Gasteiger partial charge >= 0.3 is 0 Å². The third kappa shape index (κ3) is 4.02. The Morgan fingerprint density at radius 3 is 1.60 bits per heavy atom. The lowest BCUT2D eigenvalue weighted by Crippen LogP contribution is -2.21. The molecule has 0 spiro atoms. The van der Waals surface area contributed by atoms with Gasteiger partial charge in [0.05, 0.1) is 0 Å². The van der Waals surface area contributed by atoms with Crippen LogP contribution in [0.2, 0.25) is 13.6 Å². The molecule has 0 atom stereocenters. The molecule has 0 amide bonds. The van der Waals surface area contributed by atoms with Crippen LogP contribution in [0.3, 0.4) is 0 Å². The first-order valence-corrected chi connectivity index (χ1v) is 1.94. The van der Waals surface area contributed by atoms with E-state index in [-0.39, 0.29) is 0 Å². The van der Waals surface area contributed by atoms with Crippen molar-refractivity contribution in [3.05, 3.63) is 0 Å². The van der Waals surface area contributed by atoms with E-state index in [1.165, 1.54) is 0 Å². The Labute approximate surface area is 33.9 Å². The van der Waals surface area contributed by atoms with Crippen LogP contribution in [0.4, 0.5) is 0 Å². The maximum absolute atomic E-state index is 3.03. The summed E-state index contributed by atoms with van der Waals surface area (Å²) < 4.78 is 0. The third-order valence-electron chi connectivity index (χ3n) is 0.577. The van der Waals surface area contributed by atoms with Crippen molar-refractivity contribution in [2.75, 3.05) is 7.05 Å². The zero-order valence-corrected chi connectivity index (χ0v) is 4.08. The van der Waals surface area contributed by atoms with E-state index in [2.05, 4.69) is 18.9 Å². The van der Waals surface area contributed by atoms with Crippen LogP contribution >= 0.6 is 0 Å². The molecule has 0 saturated heterocycles. The largest absolute Gasteiger partial charge is 0.359 e. The maximum atomic E-state index is 3.03. The van der Waals surface area contributed by atoms with Gasteiger partial charge < -0.3 is 5.23 Å². The van der Waals surface area contributed by atoms with Crippen LogP contribution in [-0.2, 0) is 0 Å². The zero-order valence-electron chi connectivity index (χ0n) is 4.08. The molecule has 30 valence electrons. The average molecular weight is 70.9 g/mol. The summed E-state index contributed by atoms with van der Waals surface area (Å²) >= 11 is 0. The fourth-order valence-electron chi connectivity index (χ4n) is 0. The molecule has 1 nitrogen and oxygen atoms in total. The van der Waals surface area contributed by atoms with Gasteiger partial charge in [0, 0.05) is 0 Å². The van der Waals surface area contributed by atoms with Crippen molar-refractivity contribution in [2.45, 2.75) is 13.6 Å². The Bertz CT molecular complexity index is 20.9. The Hall–Kier alpha value is 0.0249. The van der Waals surface area contributed by atoms with E-state index in [1.807, 2.05) is 7.05 Å². The van der Waals surface area contributed by atoms with Crippen LogP contribution in [0.25, 0.3) is 0 Å². The summed E-state index contributed by atoms with van der Waals surface area (Å²) in [6.45, 7) is 4.86. The lowest BCUT2D eigenvalue weighted by molar-refractivity contribution is 1.21. The van der Waals surface area contributed by atoms with Gasteiger partial charge in [-0.2, -0.15) is 0 Å². The van der Waals surface area contributed by atoms with E-state index in [0.29, 0.717) is 6.85 Å². The Balaban J connectivity index is 2.54. The minimum atomic E-state index is 0.634. The van der Waals surface area contributed by atoms with E-state index in [4.69, 9.17) is 0 Å². The molecule has 0 aliphatic heterocycles. The minimum absolute atomic E-state index is 0.634. The van der Waals surface area contributed by atoms with Gasteiger partial charge in [-0.1, -0.05) is 13.6 Å². The summed E-state index contributed by atoms with van der Waals surface area (Å²) in [5, 5.41) is 3.03. The molecule has 0 heterocycles. The molecule has 0 aromatic heterocycles. The van der Waals surface area contributed by atoms with E-state index in [1.54, 1.807) is 0 Å². The SMILES string of the molecule is CNB(C)C. The molecule has 0 rings (SSSR count). The normalized spacial score (nSPS) is 7.80. The topological polar surface area (TPSA) is 12.0 Å². The van der Waals surface area contributed by atoms with Gasteiger partial charge in [0.2, 0.25) is 6.85 Å². The number of nitrogens with one attached hydrogen (secondary N) is 1. The lowest BCUT2D eigenvalue weighted by Gasteiger charge is -1.89. The molecular formula is C3H10BN. The smallest absolute Gasteiger partial charge is 0.213 e. The minimum Gasteiger partial charge on any atom is -0.359 e. The first kappa shape index (κ1) is 5.02. The van der Waals surface area contributed by atoms with Crippen LogP contribution in [-0.4, -0.2) is 13.9 Å². The molecule has 2 heteroatoms.